The fraction of sp³-hybridized carbons (Fsp3) is 0.949. The minimum absolute atomic E-state index is 0.0105. The maximum Gasteiger partial charge on any atom is 0.306 e. The Morgan fingerprint density at radius 1 is 0.600 bits per heavy atom. The van der Waals surface area contributed by atoms with Crippen LogP contribution in [0.3, 0.4) is 0 Å². The van der Waals surface area contributed by atoms with Crippen molar-refractivity contribution in [3.05, 3.63) is 0 Å². The van der Waals surface area contributed by atoms with Crippen molar-refractivity contribution in [2.75, 3.05) is 26.2 Å². The third-order valence-corrected chi connectivity index (χ3v) is 8.66. The lowest BCUT2D eigenvalue weighted by Crippen LogP contribution is -2.29. The third kappa shape index (κ3) is 37.2. The highest BCUT2D eigenvalue weighted by atomic mass is 16.5. The fourth-order valence-corrected chi connectivity index (χ4v) is 5.68. The zero-order chi connectivity index (χ0) is 33.6. The number of nitrogens with zero attached hydrogens (tertiary/aromatic N) is 1. The molecule has 0 fully saturated rings. The van der Waals surface area contributed by atoms with Crippen LogP contribution in [0.15, 0.2) is 0 Å². The Balaban J connectivity index is 0. The van der Waals surface area contributed by atoms with Crippen molar-refractivity contribution in [1.82, 2.24) is 4.90 Å². The van der Waals surface area contributed by atoms with Gasteiger partial charge in [0.15, 0.2) is 0 Å². The van der Waals surface area contributed by atoms with E-state index in [0.29, 0.717) is 12.9 Å². The summed E-state index contributed by atoms with van der Waals surface area (Å²) in [5.41, 5.74) is 0. The summed E-state index contributed by atoms with van der Waals surface area (Å²) in [6.07, 6.45) is 31.1. The summed E-state index contributed by atoms with van der Waals surface area (Å²) in [5.74, 6) is 0.0105. The molecule has 0 saturated heterocycles. The van der Waals surface area contributed by atoms with E-state index in [9.17, 15) is 14.7 Å². The van der Waals surface area contributed by atoms with Gasteiger partial charge in [-0.3, -0.25) is 9.59 Å². The second-order valence-corrected chi connectivity index (χ2v) is 13.2. The molecular weight excluding hydrogens is 562 g/mol. The predicted molar refractivity (Wildman–Crippen MR) is 193 cm³/mol. The highest BCUT2D eigenvalue weighted by molar-refractivity contribution is 5.69. The Kier molecular flexibility index (Phi) is 39.9. The van der Waals surface area contributed by atoms with Crippen LogP contribution in [0.2, 0.25) is 0 Å². The van der Waals surface area contributed by atoms with E-state index >= 15 is 0 Å². The summed E-state index contributed by atoms with van der Waals surface area (Å²) in [5, 5.41) is 9.32. The molecule has 1 N–H and O–H groups in total. The standard InChI is InChI=1S/C30H61NO3.C9H18O2/c1-4-7-10-13-15-18-23-29(22-17-14-11-8-5-2)34-30(33)24-19-16-21-26-31(27-28-32)25-20-12-9-6-3;1-3-4-5-6-7-9(2)11-8-10/h29,32H,4-28H2,1-3H3;8-9H,3-7H2,1-2H3. The number of hydrogen-bond donors (Lipinski definition) is 1. The van der Waals surface area contributed by atoms with Crippen molar-refractivity contribution in [1.29, 1.82) is 0 Å². The van der Waals surface area contributed by atoms with Gasteiger partial charge in [0.05, 0.1) is 12.7 Å². The summed E-state index contributed by atoms with van der Waals surface area (Å²) in [4.78, 5) is 24.8. The maximum atomic E-state index is 12.5. The van der Waals surface area contributed by atoms with E-state index in [1.54, 1.807) is 0 Å². The van der Waals surface area contributed by atoms with E-state index in [-0.39, 0.29) is 24.8 Å². The van der Waals surface area contributed by atoms with Gasteiger partial charge in [0.1, 0.15) is 6.10 Å². The molecule has 0 aliphatic carbocycles. The monoisotopic (exact) mass is 642 g/mol. The van der Waals surface area contributed by atoms with Crippen molar-refractivity contribution in [3.8, 4) is 0 Å². The van der Waals surface area contributed by atoms with Gasteiger partial charge in [0.2, 0.25) is 0 Å². The lowest BCUT2D eigenvalue weighted by Gasteiger charge is -2.21. The molecule has 0 bridgehead atoms. The minimum atomic E-state index is 0.0105. The first-order valence-corrected chi connectivity index (χ1v) is 19.6. The molecule has 0 aliphatic rings. The number of carbonyl (C=O) groups excluding carboxylic acids is 2. The van der Waals surface area contributed by atoms with Crippen LogP contribution in [-0.2, 0) is 19.1 Å². The summed E-state index contributed by atoms with van der Waals surface area (Å²) < 4.78 is 10.7. The topological polar surface area (TPSA) is 76.1 Å². The molecule has 0 saturated carbocycles. The number of rotatable bonds is 34. The van der Waals surface area contributed by atoms with E-state index in [1.807, 2.05) is 6.92 Å². The van der Waals surface area contributed by atoms with E-state index in [2.05, 4.69) is 32.6 Å². The smallest absolute Gasteiger partial charge is 0.306 e. The Hall–Kier alpha value is -1.14. The molecule has 0 spiro atoms. The average Bonchev–Trinajstić information content (AvgIpc) is 3.03. The average molecular weight is 642 g/mol. The van der Waals surface area contributed by atoms with Crippen LogP contribution in [-0.4, -0.2) is 60.9 Å². The first kappa shape index (κ1) is 46.0. The van der Waals surface area contributed by atoms with Crippen LogP contribution in [0.4, 0.5) is 0 Å². The number of carbonyl (C=O) groups is 2. The number of unbranched alkanes of at least 4 members (excludes halogenated alkanes) is 17. The summed E-state index contributed by atoms with van der Waals surface area (Å²) in [7, 11) is 0. The van der Waals surface area contributed by atoms with Gasteiger partial charge >= 0.3 is 5.97 Å². The second-order valence-electron chi connectivity index (χ2n) is 13.2. The van der Waals surface area contributed by atoms with Gasteiger partial charge in [-0.25, -0.2) is 0 Å². The normalized spacial score (nSPS) is 12.4. The van der Waals surface area contributed by atoms with Gasteiger partial charge in [-0.1, -0.05) is 130 Å². The van der Waals surface area contributed by atoms with E-state index in [4.69, 9.17) is 9.47 Å². The molecule has 270 valence electrons. The molecule has 2 unspecified atom stereocenters. The molecule has 0 radical (unpaired) electrons. The Bertz CT molecular complexity index is 588. The highest BCUT2D eigenvalue weighted by Gasteiger charge is 2.14. The van der Waals surface area contributed by atoms with Gasteiger partial charge in [0.25, 0.3) is 6.47 Å². The third-order valence-electron chi connectivity index (χ3n) is 8.66. The minimum Gasteiger partial charge on any atom is -0.465 e. The van der Waals surface area contributed by atoms with Gasteiger partial charge in [-0.05, 0) is 77.8 Å². The number of aliphatic hydroxyl groups is 1. The summed E-state index contributed by atoms with van der Waals surface area (Å²) in [6, 6.07) is 0. The van der Waals surface area contributed by atoms with Crippen molar-refractivity contribution < 1.29 is 24.2 Å². The van der Waals surface area contributed by atoms with Gasteiger partial charge < -0.3 is 19.5 Å². The van der Waals surface area contributed by atoms with E-state index in [0.717, 1.165) is 58.2 Å². The first-order chi connectivity index (χ1) is 22.0. The predicted octanol–water partition coefficient (Wildman–Crippen LogP) is 11.0. The number of hydrogen-bond acceptors (Lipinski definition) is 6. The van der Waals surface area contributed by atoms with Crippen molar-refractivity contribution in [2.24, 2.45) is 0 Å². The summed E-state index contributed by atoms with van der Waals surface area (Å²) in [6.45, 7) is 14.5. The molecule has 0 aliphatic heterocycles. The number of esters is 1. The van der Waals surface area contributed by atoms with Crippen molar-refractivity contribution >= 4 is 12.4 Å². The van der Waals surface area contributed by atoms with Gasteiger partial charge in [-0.2, -0.15) is 0 Å². The molecule has 45 heavy (non-hydrogen) atoms. The van der Waals surface area contributed by atoms with Crippen LogP contribution < -0.4 is 0 Å². The fourth-order valence-electron chi connectivity index (χ4n) is 5.68. The number of ether oxygens (including phenoxy) is 2. The number of aliphatic hydroxyl groups excluding tert-OH is 1. The summed E-state index contributed by atoms with van der Waals surface area (Å²) >= 11 is 0. The zero-order valence-corrected chi connectivity index (χ0v) is 31.0. The van der Waals surface area contributed by atoms with Crippen LogP contribution in [0, 0.1) is 0 Å². The highest BCUT2D eigenvalue weighted by Crippen LogP contribution is 2.18. The van der Waals surface area contributed by atoms with Crippen molar-refractivity contribution in [3.63, 3.8) is 0 Å². The molecule has 0 aromatic carbocycles. The van der Waals surface area contributed by atoms with Crippen LogP contribution in [0.1, 0.15) is 202 Å². The maximum absolute atomic E-state index is 12.5. The van der Waals surface area contributed by atoms with Crippen LogP contribution in [0.25, 0.3) is 0 Å². The SMILES string of the molecule is CCCCCCC(C)OC=O.CCCCCCCCC(CCCCCCC)OC(=O)CCCCCN(CCO)CCCCCC. The largest absolute Gasteiger partial charge is 0.465 e. The molecule has 0 heterocycles. The molecule has 0 amide bonds. The Morgan fingerprint density at radius 2 is 1.02 bits per heavy atom. The molecule has 0 aromatic heterocycles. The Labute approximate surface area is 281 Å². The molecule has 0 aromatic rings. The van der Waals surface area contributed by atoms with Gasteiger partial charge in [-0.15, -0.1) is 0 Å². The second kappa shape index (κ2) is 39.0. The molecule has 6 nitrogen and oxygen atoms in total. The van der Waals surface area contributed by atoms with E-state index < -0.39 is 0 Å². The first-order valence-electron chi connectivity index (χ1n) is 19.6. The lowest BCUT2D eigenvalue weighted by atomic mass is 10.0. The van der Waals surface area contributed by atoms with E-state index in [1.165, 1.54) is 122 Å². The molecular formula is C39H79NO5. The van der Waals surface area contributed by atoms with Crippen molar-refractivity contribution in [2.45, 2.75) is 214 Å². The van der Waals surface area contributed by atoms with Gasteiger partial charge in [0, 0.05) is 13.0 Å². The lowest BCUT2D eigenvalue weighted by molar-refractivity contribution is -0.150. The molecule has 2 atom stereocenters. The zero-order valence-electron chi connectivity index (χ0n) is 31.0. The Morgan fingerprint density at radius 3 is 1.51 bits per heavy atom. The quantitative estimate of drug-likeness (QED) is 0.0428. The van der Waals surface area contributed by atoms with Crippen LogP contribution >= 0.6 is 0 Å². The molecule has 6 heteroatoms. The van der Waals surface area contributed by atoms with Crippen LogP contribution in [0.5, 0.6) is 0 Å². The molecule has 0 rings (SSSR count).